The molecule has 0 atom stereocenters. The maximum atomic E-state index is 12.4. The Morgan fingerprint density at radius 2 is 1.86 bits per heavy atom. The summed E-state index contributed by atoms with van der Waals surface area (Å²) in [5.41, 5.74) is 0.326. The second-order valence-electron chi connectivity index (χ2n) is 6.33. The van der Waals surface area contributed by atoms with Gasteiger partial charge in [0.05, 0.1) is 4.92 Å². The molecule has 0 radical (unpaired) electrons. The van der Waals surface area contributed by atoms with Gasteiger partial charge in [0, 0.05) is 31.4 Å². The maximum Gasteiger partial charge on any atom is 0.376 e. The molecule has 29 heavy (non-hydrogen) atoms. The molecule has 0 spiro atoms. The van der Waals surface area contributed by atoms with Crippen LogP contribution in [0.15, 0.2) is 53.5 Å². The minimum Gasteiger partial charge on any atom is -0.360 e. The number of hydrogen-bond donors (Lipinski definition) is 1. The highest BCUT2D eigenvalue weighted by Crippen LogP contribution is 2.19. The monoisotopic (exact) mass is 395 g/mol. The van der Waals surface area contributed by atoms with E-state index in [1.807, 2.05) is 13.8 Å². The lowest BCUT2D eigenvalue weighted by atomic mass is 10.1. The molecule has 0 saturated heterocycles. The first-order valence-electron chi connectivity index (χ1n) is 9.24. The van der Waals surface area contributed by atoms with Crippen molar-refractivity contribution >= 4 is 23.1 Å². The average molecular weight is 395 g/mol. The molecule has 2 aromatic heterocycles. The van der Waals surface area contributed by atoms with E-state index < -0.39 is 16.2 Å². The van der Waals surface area contributed by atoms with E-state index in [1.165, 1.54) is 6.20 Å². The number of benzene rings is 1. The molecule has 0 fully saturated rings. The summed E-state index contributed by atoms with van der Waals surface area (Å²) in [6.45, 7) is 5.32. The van der Waals surface area contributed by atoms with Gasteiger partial charge in [0.15, 0.2) is 0 Å². The summed E-state index contributed by atoms with van der Waals surface area (Å²) in [5.74, 6) is -0.135. The number of anilines is 1. The smallest absolute Gasteiger partial charge is 0.360 e. The van der Waals surface area contributed by atoms with E-state index in [0.29, 0.717) is 24.3 Å². The fourth-order valence-electron chi connectivity index (χ4n) is 3.01. The molecular weight excluding hydrogens is 374 g/mol. The molecule has 0 saturated carbocycles. The normalized spacial score (nSPS) is 10.7. The van der Waals surface area contributed by atoms with Crippen molar-refractivity contribution in [1.29, 1.82) is 0 Å². The van der Waals surface area contributed by atoms with Crippen molar-refractivity contribution in [3.63, 3.8) is 0 Å². The van der Waals surface area contributed by atoms with Crippen LogP contribution in [0.2, 0.25) is 0 Å². The summed E-state index contributed by atoms with van der Waals surface area (Å²) in [5, 5.41) is 14.3. The molecule has 0 unspecified atom stereocenters. The summed E-state index contributed by atoms with van der Waals surface area (Å²) in [6, 6.07) is 11.9. The van der Waals surface area contributed by atoms with E-state index >= 15 is 0 Å². The Balaban J connectivity index is 1.84. The molecule has 3 rings (SSSR count). The van der Waals surface area contributed by atoms with E-state index in [0.717, 1.165) is 9.96 Å². The Kier molecular flexibility index (Phi) is 5.87. The Morgan fingerprint density at radius 1 is 1.17 bits per heavy atom. The third-order valence-corrected chi connectivity index (χ3v) is 4.60. The van der Waals surface area contributed by atoms with E-state index in [2.05, 4.69) is 10.3 Å². The van der Waals surface area contributed by atoms with Crippen molar-refractivity contribution in [2.45, 2.75) is 20.4 Å². The average Bonchev–Trinajstić information content (AvgIpc) is 2.73. The lowest BCUT2D eigenvalue weighted by Crippen LogP contribution is -2.30. The Labute approximate surface area is 166 Å². The predicted octanol–water partition coefficient (Wildman–Crippen LogP) is 2.70. The first-order valence-corrected chi connectivity index (χ1v) is 9.24. The van der Waals surface area contributed by atoms with Gasteiger partial charge >= 0.3 is 11.2 Å². The third-order valence-electron chi connectivity index (χ3n) is 4.60. The van der Waals surface area contributed by atoms with Crippen LogP contribution in [0.4, 0.5) is 11.5 Å². The molecule has 3 aromatic rings. The summed E-state index contributed by atoms with van der Waals surface area (Å²) in [7, 11) is 0. The van der Waals surface area contributed by atoms with Gasteiger partial charge in [-0.15, -0.1) is 0 Å². The Morgan fingerprint density at radius 3 is 2.48 bits per heavy atom. The SMILES string of the molecule is CCN(CC)C(=O)c1ccc(CNc2nc3ccccn3c(=O)c2[N+](=O)[O-])cc1. The van der Waals surface area contributed by atoms with Crippen LogP contribution >= 0.6 is 0 Å². The molecule has 1 amide bonds. The van der Waals surface area contributed by atoms with Crippen molar-refractivity contribution in [2.75, 3.05) is 18.4 Å². The first kappa shape index (κ1) is 20.0. The fraction of sp³-hybridized carbons (Fsp3) is 0.250. The fourth-order valence-corrected chi connectivity index (χ4v) is 3.01. The number of carbonyl (C=O) groups is 1. The number of fused-ring (bicyclic) bond motifs is 1. The zero-order valence-corrected chi connectivity index (χ0v) is 16.2. The van der Waals surface area contributed by atoms with Crippen LogP contribution in [0.3, 0.4) is 0 Å². The van der Waals surface area contributed by atoms with Crippen LogP contribution in [0, 0.1) is 10.1 Å². The summed E-state index contributed by atoms with van der Waals surface area (Å²) in [4.78, 5) is 41.4. The van der Waals surface area contributed by atoms with E-state index in [1.54, 1.807) is 47.4 Å². The van der Waals surface area contributed by atoms with Gasteiger partial charge in [0.25, 0.3) is 5.91 Å². The molecule has 9 heteroatoms. The number of nitro groups is 1. The lowest BCUT2D eigenvalue weighted by molar-refractivity contribution is -0.385. The zero-order valence-electron chi connectivity index (χ0n) is 16.2. The second-order valence-corrected chi connectivity index (χ2v) is 6.33. The minimum absolute atomic E-state index is 0.0469. The number of nitrogens with one attached hydrogen (secondary N) is 1. The molecule has 9 nitrogen and oxygen atoms in total. The van der Waals surface area contributed by atoms with Gasteiger partial charge in [0.2, 0.25) is 5.82 Å². The molecule has 150 valence electrons. The topological polar surface area (TPSA) is 110 Å². The number of hydrogen-bond acceptors (Lipinski definition) is 6. The number of amides is 1. The first-order chi connectivity index (χ1) is 14.0. The van der Waals surface area contributed by atoms with E-state index in [9.17, 15) is 19.7 Å². The Hall–Kier alpha value is -3.75. The van der Waals surface area contributed by atoms with Crippen molar-refractivity contribution in [1.82, 2.24) is 14.3 Å². The van der Waals surface area contributed by atoms with Gasteiger partial charge in [-0.25, -0.2) is 4.98 Å². The molecule has 0 aliphatic carbocycles. The molecule has 0 bridgehead atoms. The molecule has 2 heterocycles. The van der Waals surface area contributed by atoms with Crippen LogP contribution in [0.5, 0.6) is 0 Å². The van der Waals surface area contributed by atoms with Gasteiger partial charge in [0.1, 0.15) is 5.65 Å². The number of carbonyl (C=O) groups excluding carboxylic acids is 1. The summed E-state index contributed by atoms with van der Waals surface area (Å²) >= 11 is 0. The highest BCUT2D eigenvalue weighted by atomic mass is 16.6. The predicted molar refractivity (Wildman–Crippen MR) is 109 cm³/mol. The van der Waals surface area contributed by atoms with Gasteiger partial charge in [-0.1, -0.05) is 18.2 Å². The van der Waals surface area contributed by atoms with Crippen molar-refractivity contribution in [3.05, 3.63) is 80.3 Å². The third kappa shape index (κ3) is 4.08. The standard InChI is InChI=1S/C20H21N5O4/c1-3-23(4-2)19(26)15-10-8-14(9-11-15)13-21-18-17(25(28)29)20(27)24-12-6-5-7-16(24)22-18/h5-12,21H,3-4,13H2,1-2H3. The minimum atomic E-state index is -0.747. The van der Waals surface area contributed by atoms with Gasteiger partial charge < -0.3 is 10.2 Å². The summed E-state index contributed by atoms with van der Waals surface area (Å²) < 4.78 is 1.14. The Bertz CT molecular complexity index is 1100. The second kappa shape index (κ2) is 8.51. The molecule has 1 aromatic carbocycles. The summed E-state index contributed by atoms with van der Waals surface area (Å²) in [6.07, 6.45) is 1.44. The molecule has 1 N–H and O–H groups in total. The van der Waals surface area contributed by atoms with Crippen LogP contribution in [-0.2, 0) is 6.54 Å². The maximum absolute atomic E-state index is 12.4. The van der Waals surface area contributed by atoms with Crippen molar-refractivity contribution in [2.24, 2.45) is 0 Å². The van der Waals surface area contributed by atoms with Gasteiger partial charge in [-0.3, -0.25) is 24.1 Å². The lowest BCUT2D eigenvalue weighted by Gasteiger charge is -2.18. The van der Waals surface area contributed by atoms with Crippen molar-refractivity contribution in [3.8, 4) is 0 Å². The van der Waals surface area contributed by atoms with Gasteiger partial charge in [-0.2, -0.15) is 0 Å². The number of nitrogens with zero attached hydrogens (tertiary/aromatic N) is 4. The number of aromatic nitrogens is 2. The van der Waals surface area contributed by atoms with Crippen LogP contribution in [-0.4, -0.2) is 38.2 Å². The number of pyridine rings is 1. The molecular formula is C20H21N5O4. The van der Waals surface area contributed by atoms with Gasteiger partial charge in [-0.05, 0) is 43.7 Å². The van der Waals surface area contributed by atoms with Crippen LogP contribution in [0.1, 0.15) is 29.8 Å². The zero-order chi connectivity index (χ0) is 21.0. The quantitative estimate of drug-likeness (QED) is 0.486. The van der Waals surface area contributed by atoms with Crippen molar-refractivity contribution < 1.29 is 9.72 Å². The number of rotatable bonds is 7. The largest absolute Gasteiger partial charge is 0.376 e. The molecule has 0 aliphatic rings. The van der Waals surface area contributed by atoms with Crippen LogP contribution in [0.25, 0.3) is 5.65 Å². The van der Waals surface area contributed by atoms with E-state index in [-0.39, 0.29) is 18.3 Å². The highest BCUT2D eigenvalue weighted by molar-refractivity contribution is 5.94. The van der Waals surface area contributed by atoms with E-state index in [4.69, 9.17) is 0 Å². The highest BCUT2D eigenvalue weighted by Gasteiger charge is 2.23. The molecule has 0 aliphatic heterocycles. The van der Waals surface area contributed by atoms with Crippen LogP contribution < -0.4 is 10.9 Å².